The number of hydrogen-bond acceptors (Lipinski definition) is 3. The Kier molecular flexibility index (Phi) is 1.96. The number of terminal acetylenes is 1. The Morgan fingerprint density at radius 3 is 3.20 bits per heavy atom. The molecule has 0 aliphatic carbocycles. The van der Waals surface area contributed by atoms with E-state index in [0.29, 0.717) is 12.2 Å². The Morgan fingerprint density at radius 2 is 2.60 bits per heavy atom. The van der Waals surface area contributed by atoms with E-state index in [9.17, 15) is 4.79 Å². The summed E-state index contributed by atoms with van der Waals surface area (Å²) in [6.45, 7) is 0.260. The molecule has 0 amide bonds. The lowest BCUT2D eigenvalue weighted by molar-refractivity contribution is 0.0722. The molecule has 0 atom stereocenters. The van der Waals surface area contributed by atoms with Crippen molar-refractivity contribution in [2.24, 2.45) is 0 Å². The van der Waals surface area contributed by atoms with Crippen LogP contribution in [-0.4, -0.2) is 12.8 Å². The van der Waals surface area contributed by atoms with Gasteiger partial charge in [0.15, 0.2) is 0 Å². The second kappa shape index (κ2) is 2.92. The van der Waals surface area contributed by atoms with Crippen LogP contribution in [0.15, 0.2) is 11.8 Å². The minimum absolute atomic E-state index is 0.260. The lowest BCUT2D eigenvalue weighted by atomic mass is 10.3. The van der Waals surface area contributed by atoms with Crippen LogP contribution in [0.25, 0.3) is 0 Å². The second-order valence-electron chi connectivity index (χ2n) is 1.71. The SMILES string of the molecule is C#CCC1=CCOC(=O)O1. The molecule has 0 saturated carbocycles. The highest BCUT2D eigenvalue weighted by atomic mass is 16.7. The van der Waals surface area contributed by atoms with Gasteiger partial charge in [-0.25, -0.2) is 4.79 Å². The molecule has 1 heterocycles. The molecule has 0 unspecified atom stereocenters. The van der Waals surface area contributed by atoms with Crippen molar-refractivity contribution in [3.63, 3.8) is 0 Å². The van der Waals surface area contributed by atoms with Crippen molar-refractivity contribution < 1.29 is 14.3 Å². The van der Waals surface area contributed by atoms with Crippen molar-refractivity contribution in [2.45, 2.75) is 6.42 Å². The van der Waals surface area contributed by atoms with Crippen LogP contribution in [0.4, 0.5) is 4.79 Å². The summed E-state index contributed by atoms with van der Waals surface area (Å²) < 4.78 is 9.03. The van der Waals surface area contributed by atoms with Gasteiger partial charge in [0.25, 0.3) is 0 Å². The molecule has 0 aromatic heterocycles. The Labute approximate surface area is 58.6 Å². The molecule has 0 radical (unpaired) electrons. The Bertz CT molecular complexity index is 209. The van der Waals surface area contributed by atoms with Gasteiger partial charge in [-0.15, -0.1) is 6.42 Å². The molecule has 0 aromatic carbocycles. The van der Waals surface area contributed by atoms with Gasteiger partial charge >= 0.3 is 6.16 Å². The van der Waals surface area contributed by atoms with E-state index in [4.69, 9.17) is 6.42 Å². The van der Waals surface area contributed by atoms with Gasteiger partial charge in [0, 0.05) is 0 Å². The first-order valence-corrected chi connectivity index (χ1v) is 2.80. The van der Waals surface area contributed by atoms with E-state index in [1.165, 1.54) is 0 Å². The molecule has 1 aliphatic rings. The molecular formula is C7H6O3. The third kappa shape index (κ3) is 1.52. The van der Waals surface area contributed by atoms with Gasteiger partial charge < -0.3 is 9.47 Å². The van der Waals surface area contributed by atoms with Gasteiger partial charge in [-0.1, -0.05) is 5.92 Å². The third-order valence-corrected chi connectivity index (χ3v) is 1.00. The first-order valence-electron chi connectivity index (χ1n) is 2.80. The van der Waals surface area contributed by atoms with Crippen molar-refractivity contribution in [1.82, 2.24) is 0 Å². The van der Waals surface area contributed by atoms with E-state index in [2.05, 4.69) is 15.4 Å². The van der Waals surface area contributed by atoms with Gasteiger partial charge in [0.05, 0.1) is 6.42 Å². The summed E-state index contributed by atoms with van der Waals surface area (Å²) in [5.41, 5.74) is 0. The highest BCUT2D eigenvalue weighted by Crippen LogP contribution is 2.08. The van der Waals surface area contributed by atoms with Crippen LogP contribution in [0.3, 0.4) is 0 Å². The molecule has 10 heavy (non-hydrogen) atoms. The Balaban J connectivity index is 2.53. The van der Waals surface area contributed by atoms with Crippen molar-refractivity contribution in [3.8, 4) is 12.3 Å². The third-order valence-electron chi connectivity index (χ3n) is 1.00. The summed E-state index contributed by atoms with van der Waals surface area (Å²) in [5.74, 6) is 2.86. The molecule has 0 N–H and O–H groups in total. The van der Waals surface area contributed by atoms with Gasteiger partial charge in [0.2, 0.25) is 0 Å². The standard InChI is InChI=1S/C7H6O3/c1-2-3-6-4-5-9-7(8)10-6/h1,4H,3,5H2. The first-order chi connectivity index (χ1) is 4.83. The maximum atomic E-state index is 10.4. The van der Waals surface area contributed by atoms with Crippen LogP contribution in [-0.2, 0) is 9.47 Å². The second-order valence-corrected chi connectivity index (χ2v) is 1.71. The van der Waals surface area contributed by atoms with Crippen LogP contribution in [0.1, 0.15) is 6.42 Å². The Morgan fingerprint density at radius 1 is 1.80 bits per heavy atom. The Hall–Kier alpha value is -1.43. The molecule has 0 bridgehead atoms. The van der Waals surface area contributed by atoms with Gasteiger partial charge in [0.1, 0.15) is 12.4 Å². The quantitative estimate of drug-likeness (QED) is 0.401. The highest BCUT2D eigenvalue weighted by Gasteiger charge is 2.11. The molecule has 0 saturated heterocycles. The van der Waals surface area contributed by atoms with E-state index < -0.39 is 6.16 Å². The summed E-state index contributed by atoms with van der Waals surface area (Å²) in [7, 11) is 0. The van der Waals surface area contributed by atoms with E-state index in [1.807, 2.05) is 0 Å². The predicted octanol–water partition coefficient (Wildman–Crippen LogP) is 1.06. The summed E-state index contributed by atoms with van der Waals surface area (Å²) in [6.07, 6.45) is 6.29. The van der Waals surface area contributed by atoms with Gasteiger partial charge in [-0.05, 0) is 6.08 Å². The summed E-state index contributed by atoms with van der Waals surface area (Å²) >= 11 is 0. The number of cyclic esters (lactones) is 2. The largest absolute Gasteiger partial charge is 0.513 e. The molecule has 3 nitrogen and oxygen atoms in total. The topological polar surface area (TPSA) is 35.5 Å². The van der Waals surface area contributed by atoms with E-state index in [1.54, 1.807) is 6.08 Å². The minimum Gasteiger partial charge on any atom is -0.430 e. The van der Waals surface area contributed by atoms with E-state index in [0.717, 1.165) is 0 Å². The normalized spacial score (nSPS) is 16.3. The smallest absolute Gasteiger partial charge is 0.430 e. The average molecular weight is 138 g/mol. The molecular weight excluding hydrogens is 132 g/mol. The fourth-order valence-corrected chi connectivity index (χ4v) is 0.590. The van der Waals surface area contributed by atoms with Crippen LogP contribution in [0.5, 0.6) is 0 Å². The highest BCUT2D eigenvalue weighted by molar-refractivity contribution is 5.62. The first kappa shape index (κ1) is 6.69. The number of carbonyl (C=O) groups excluding carboxylic acids is 1. The van der Waals surface area contributed by atoms with Crippen LogP contribution in [0, 0.1) is 12.3 Å². The maximum Gasteiger partial charge on any atom is 0.513 e. The van der Waals surface area contributed by atoms with Crippen molar-refractivity contribution in [1.29, 1.82) is 0 Å². The molecule has 0 fully saturated rings. The van der Waals surface area contributed by atoms with E-state index >= 15 is 0 Å². The summed E-state index contributed by atoms with van der Waals surface area (Å²) in [5, 5.41) is 0. The number of ether oxygens (including phenoxy) is 2. The molecule has 1 aliphatic heterocycles. The molecule has 52 valence electrons. The van der Waals surface area contributed by atoms with Crippen molar-refractivity contribution >= 4 is 6.16 Å². The average Bonchev–Trinajstić information content (AvgIpc) is 1.88. The van der Waals surface area contributed by atoms with Crippen LogP contribution in [0.2, 0.25) is 0 Å². The number of rotatable bonds is 1. The van der Waals surface area contributed by atoms with Crippen molar-refractivity contribution in [3.05, 3.63) is 11.8 Å². The number of allylic oxidation sites excluding steroid dienone is 1. The molecule has 0 aromatic rings. The zero-order chi connectivity index (χ0) is 7.40. The lowest BCUT2D eigenvalue weighted by Crippen LogP contribution is -2.12. The number of carbonyl (C=O) groups is 1. The van der Waals surface area contributed by atoms with Crippen LogP contribution >= 0.6 is 0 Å². The summed E-state index contributed by atoms with van der Waals surface area (Å²) in [6, 6.07) is 0. The molecule has 0 spiro atoms. The predicted molar refractivity (Wildman–Crippen MR) is 34.0 cm³/mol. The minimum atomic E-state index is -0.673. The fraction of sp³-hybridized carbons (Fsp3) is 0.286. The number of hydrogen-bond donors (Lipinski definition) is 0. The van der Waals surface area contributed by atoms with Crippen molar-refractivity contribution in [2.75, 3.05) is 6.61 Å². The molecule has 3 heteroatoms. The zero-order valence-electron chi connectivity index (χ0n) is 5.29. The monoisotopic (exact) mass is 138 g/mol. The fourth-order valence-electron chi connectivity index (χ4n) is 0.590. The van der Waals surface area contributed by atoms with Gasteiger partial charge in [-0.3, -0.25) is 0 Å². The summed E-state index contributed by atoms with van der Waals surface area (Å²) in [4.78, 5) is 10.4. The van der Waals surface area contributed by atoms with Crippen LogP contribution < -0.4 is 0 Å². The molecule has 1 rings (SSSR count). The maximum absolute atomic E-state index is 10.4. The van der Waals surface area contributed by atoms with E-state index in [-0.39, 0.29) is 6.61 Å². The zero-order valence-corrected chi connectivity index (χ0v) is 5.29. The van der Waals surface area contributed by atoms with Gasteiger partial charge in [-0.2, -0.15) is 0 Å². The lowest BCUT2D eigenvalue weighted by Gasteiger charge is -2.10.